The van der Waals surface area contributed by atoms with E-state index < -0.39 is 5.54 Å². The summed E-state index contributed by atoms with van der Waals surface area (Å²) in [6.07, 6.45) is 0.267. The van der Waals surface area contributed by atoms with Crippen LogP contribution < -0.4 is 15.8 Å². The van der Waals surface area contributed by atoms with Crippen LogP contribution in [0.25, 0.3) is 0 Å². The van der Waals surface area contributed by atoms with E-state index in [0.29, 0.717) is 0 Å². The van der Waals surface area contributed by atoms with Gasteiger partial charge < -0.3 is 15.8 Å². The number of ether oxygens (including phenoxy) is 1. The predicted molar refractivity (Wildman–Crippen MR) is 75.7 cm³/mol. The SMILES string of the molecule is COc1cccc(CC(=O)NC(C)(C)C(N)=S)c1. The fourth-order valence-corrected chi connectivity index (χ4v) is 1.47. The lowest BCUT2D eigenvalue weighted by Crippen LogP contribution is -2.52. The van der Waals surface area contributed by atoms with E-state index in [2.05, 4.69) is 5.32 Å². The second kappa shape index (κ2) is 5.82. The van der Waals surface area contributed by atoms with Crippen LogP contribution in [0.5, 0.6) is 5.75 Å². The molecule has 1 amide bonds. The molecule has 0 unspecified atom stereocenters. The number of carbonyl (C=O) groups excluding carboxylic acids is 1. The van der Waals surface area contributed by atoms with Crippen molar-refractivity contribution in [2.75, 3.05) is 7.11 Å². The van der Waals surface area contributed by atoms with Gasteiger partial charge >= 0.3 is 0 Å². The van der Waals surface area contributed by atoms with Crippen LogP contribution >= 0.6 is 12.2 Å². The van der Waals surface area contributed by atoms with Crippen molar-refractivity contribution in [1.29, 1.82) is 0 Å². The lowest BCUT2D eigenvalue weighted by atomic mass is 10.0. The molecule has 0 atom stereocenters. The molecule has 18 heavy (non-hydrogen) atoms. The zero-order valence-electron chi connectivity index (χ0n) is 10.8. The van der Waals surface area contributed by atoms with Gasteiger partial charge in [-0.3, -0.25) is 4.79 Å². The summed E-state index contributed by atoms with van der Waals surface area (Å²) in [6.45, 7) is 3.55. The van der Waals surface area contributed by atoms with E-state index >= 15 is 0 Å². The van der Waals surface area contributed by atoms with Gasteiger partial charge in [0.1, 0.15) is 5.75 Å². The van der Waals surface area contributed by atoms with E-state index in [4.69, 9.17) is 22.7 Å². The van der Waals surface area contributed by atoms with Crippen LogP contribution in [0.4, 0.5) is 0 Å². The Kier molecular flexibility index (Phi) is 4.67. The molecule has 0 spiro atoms. The van der Waals surface area contributed by atoms with E-state index in [1.807, 2.05) is 24.3 Å². The molecular formula is C13H18N2O2S. The largest absolute Gasteiger partial charge is 0.497 e. The average Bonchev–Trinajstić information content (AvgIpc) is 2.28. The molecule has 0 aromatic heterocycles. The van der Waals surface area contributed by atoms with Crippen molar-refractivity contribution < 1.29 is 9.53 Å². The second-order valence-corrected chi connectivity index (χ2v) is 5.01. The molecule has 0 aliphatic rings. The summed E-state index contributed by atoms with van der Waals surface area (Å²) >= 11 is 4.90. The molecule has 0 saturated carbocycles. The van der Waals surface area contributed by atoms with Crippen LogP contribution in [0.1, 0.15) is 19.4 Å². The van der Waals surface area contributed by atoms with Crippen LogP contribution in [0.3, 0.4) is 0 Å². The maximum Gasteiger partial charge on any atom is 0.225 e. The van der Waals surface area contributed by atoms with Gasteiger partial charge in [-0.05, 0) is 31.5 Å². The van der Waals surface area contributed by atoms with Crippen LogP contribution in [0, 0.1) is 0 Å². The zero-order valence-corrected chi connectivity index (χ0v) is 11.6. The van der Waals surface area contributed by atoms with Crippen LogP contribution in [-0.2, 0) is 11.2 Å². The Morgan fingerprint density at radius 1 is 1.50 bits per heavy atom. The smallest absolute Gasteiger partial charge is 0.225 e. The fraction of sp³-hybridized carbons (Fsp3) is 0.385. The number of hydrogen-bond donors (Lipinski definition) is 2. The van der Waals surface area contributed by atoms with E-state index in [1.54, 1.807) is 21.0 Å². The molecule has 98 valence electrons. The lowest BCUT2D eigenvalue weighted by Gasteiger charge is -2.24. The summed E-state index contributed by atoms with van der Waals surface area (Å²) in [5, 5.41) is 2.80. The number of amides is 1. The molecule has 1 aromatic rings. The number of thiocarbonyl (C=S) groups is 1. The number of nitrogens with two attached hydrogens (primary N) is 1. The van der Waals surface area contributed by atoms with Gasteiger partial charge in [-0.15, -0.1) is 0 Å². The third-order valence-corrected chi connectivity index (χ3v) is 3.08. The van der Waals surface area contributed by atoms with Gasteiger partial charge in [0.2, 0.25) is 5.91 Å². The normalized spacial score (nSPS) is 10.8. The third kappa shape index (κ3) is 4.00. The topological polar surface area (TPSA) is 64.3 Å². The Hall–Kier alpha value is -1.62. The number of carbonyl (C=O) groups is 1. The summed E-state index contributed by atoms with van der Waals surface area (Å²) in [7, 11) is 1.59. The summed E-state index contributed by atoms with van der Waals surface area (Å²) in [5.41, 5.74) is 5.76. The number of rotatable bonds is 5. The predicted octanol–water partition coefficient (Wildman–Crippen LogP) is 1.42. The fourth-order valence-electron chi connectivity index (χ4n) is 1.42. The standard InChI is InChI=1S/C13H18N2O2S/c1-13(2,12(14)18)15-11(16)8-9-5-4-6-10(7-9)17-3/h4-7H,8H2,1-3H3,(H2,14,18)(H,15,16). The minimum absolute atomic E-state index is 0.124. The molecule has 1 rings (SSSR count). The first-order valence-corrected chi connectivity index (χ1v) is 6.00. The van der Waals surface area contributed by atoms with Crippen molar-refractivity contribution in [3.63, 3.8) is 0 Å². The van der Waals surface area contributed by atoms with E-state index in [-0.39, 0.29) is 17.3 Å². The highest BCUT2D eigenvalue weighted by molar-refractivity contribution is 7.80. The van der Waals surface area contributed by atoms with E-state index in [1.165, 1.54) is 0 Å². The first kappa shape index (κ1) is 14.4. The maximum absolute atomic E-state index is 11.9. The number of hydrogen-bond acceptors (Lipinski definition) is 3. The van der Waals surface area contributed by atoms with Crippen molar-refractivity contribution in [1.82, 2.24) is 5.32 Å². The Labute approximate surface area is 113 Å². The molecule has 0 aliphatic carbocycles. The molecule has 4 nitrogen and oxygen atoms in total. The summed E-state index contributed by atoms with van der Waals surface area (Å²) in [6, 6.07) is 7.38. The Bertz CT molecular complexity index is 458. The quantitative estimate of drug-likeness (QED) is 0.791. The van der Waals surface area contributed by atoms with Crippen molar-refractivity contribution in [2.24, 2.45) is 5.73 Å². The summed E-state index contributed by atoms with van der Waals surface area (Å²) in [5.74, 6) is 0.606. The van der Waals surface area contributed by atoms with Gasteiger partial charge in [0, 0.05) is 0 Å². The minimum atomic E-state index is -0.675. The van der Waals surface area contributed by atoms with Gasteiger partial charge in [0.05, 0.1) is 24.1 Å². The monoisotopic (exact) mass is 266 g/mol. The van der Waals surface area contributed by atoms with Crippen LogP contribution in [0.2, 0.25) is 0 Å². The molecule has 1 aromatic carbocycles. The Morgan fingerprint density at radius 2 is 2.17 bits per heavy atom. The third-order valence-electron chi connectivity index (χ3n) is 2.57. The van der Waals surface area contributed by atoms with Gasteiger partial charge in [-0.25, -0.2) is 0 Å². The summed E-state index contributed by atoms with van der Waals surface area (Å²) in [4.78, 5) is 12.1. The molecule has 0 radical (unpaired) electrons. The molecule has 0 aliphatic heterocycles. The van der Waals surface area contributed by atoms with Crippen molar-refractivity contribution in [3.05, 3.63) is 29.8 Å². The number of methoxy groups -OCH3 is 1. The van der Waals surface area contributed by atoms with Crippen LogP contribution in [0.15, 0.2) is 24.3 Å². The molecular weight excluding hydrogens is 248 g/mol. The van der Waals surface area contributed by atoms with E-state index in [0.717, 1.165) is 11.3 Å². The second-order valence-electron chi connectivity index (χ2n) is 4.57. The molecule has 0 saturated heterocycles. The summed E-state index contributed by atoms with van der Waals surface area (Å²) < 4.78 is 5.10. The zero-order chi connectivity index (χ0) is 13.8. The maximum atomic E-state index is 11.9. The van der Waals surface area contributed by atoms with Crippen molar-refractivity contribution >= 4 is 23.1 Å². The van der Waals surface area contributed by atoms with Gasteiger partial charge in [0.25, 0.3) is 0 Å². The molecule has 0 fully saturated rings. The minimum Gasteiger partial charge on any atom is -0.497 e. The first-order valence-electron chi connectivity index (χ1n) is 5.59. The highest BCUT2D eigenvalue weighted by atomic mass is 32.1. The first-order chi connectivity index (χ1) is 8.35. The molecule has 0 heterocycles. The van der Waals surface area contributed by atoms with Gasteiger partial charge in [-0.2, -0.15) is 0 Å². The van der Waals surface area contributed by atoms with Gasteiger partial charge in [0.15, 0.2) is 0 Å². The average molecular weight is 266 g/mol. The number of nitrogens with one attached hydrogen (secondary N) is 1. The molecule has 5 heteroatoms. The van der Waals surface area contributed by atoms with Crippen LogP contribution in [-0.4, -0.2) is 23.5 Å². The molecule has 3 N–H and O–H groups in total. The van der Waals surface area contributed by atoms with Gasteiger partial charge in [-0.1, -0.05) is 24.4 Å². The van der Waals surface area contributed by atoms with Crippen molar-refractivity contribution in [3.8, 4) is 5.75 Å². The highest BCUT2D eigenvalue weighted by Crippen LogP contribution is 2.13. The highest BCUT2D eigenvalue weighted by Gasteiger charge is 2.23. The van der Waals surface area contributed by atoms with Crippen molar-refractivity contribution in [2.45, 2.75) is 25.8 Å². The molecule has 0 bridgehead atoms. The van der Waals surface area contributed by atoms with E-state index in [9.17, 15) is 4.79 Å². The Morgan fingerprint density at radius 3 is 2.72 bits per heavy atom. The number of benzene rings is 1. The lowest BCUT2D eigenvalue weighted by molar-refractivity contribution is -0.121. The Balaban J connectivity index is 2.67.